The van der Waals surface area contributed by atoms with Gasteiger partial charge in [-0.15, -0.1) is 0 Å². The third-order valence-corrected chi connectivity index (χ3v) is 5.46. The highest BCUT2D eigenvalue weighted by atomic mass is 32.1. The Morgan fingerprint density at radius 2 is 2.19 bits per heavy atom. The van der Waals surface area contributed by atoms with Crippen molar-refractivity contribution in [3.05, 3.63) is 36.4 Å². The maximum Gasteiger partial charge on any atom is 0.244 e. The van der Waals surface area contributed by atoms with Crippen LogP contribution in [0.2, 0.25) is 0 Å². The molecule has 0 aliphatic heterocycles. The molecule has 0 aromatic carbocycles. The van der Waals surface area contributed by atoms with Gasteiger partial charge < -0.3 is 14.6 Å². The third-order valence-electron chi connectivity index (χ3n) is 4.66. The van der Waals surface area contributed by atoms with E-state index in [0.29, 0.717) is 11.8 Å². The summed E-state index contributed by atoms with van der Waals surface area (Å²) in [4.78, 5) is 9.35. The standard InChI is InChI=1S/C18H19N7OS/c1-11-8-15(27-23-11)21-18-20-14-6-7-25(12-9-19-24(2)10-12)16(14)17(22-18)26-13-4-3-5-13/h6-10,13H,3-5H2,1-2H3,(H,20,21,22). The van der Waals surface area contributed by atoms with E-state index in [2.05, 4.69) is 24.8 Å². The van der Waals surface area contributed by atoms with Gasteiger partial charge in [-0.1, -0.05) is 0 Å². The fourth-order valence-electron chi connectivity index (χ4n) is 3.08. The van der Waals surface area contributed by atoms with Gasteiger partial charge in [-0.05, 0) is 49.9 Å². The van der Waals surface area contributed by atoms with Crippen LogP contribution in [0.4, 0.5) is 10.9 Å². The van der Waals surface area contributed by atoms with Gasteiger partial charge >= 0.3 is 0 Å². The number of rotatable bonds is 5. The first-order valence-corrected chi connectivity index (χ1v) is 9.68. The van der Waals surface area contributed by atoms with Crippen molar-refractivity contribution in [1.29, 1.82) is 0 Å². The normalized spacial score (nSPS) is 14.4. The molecule has 0 saturated heterocycles. The van der Waals surface area contributed by atoms with Crippen LogP contribution >= 0.6 is 11.5 Å². The molecule has 0 spiro atoms. The number of ether oxygens (including phenoxy) is 1. The van der Waals surface area contributed by atoms with Crippen molar-refractivity contribution >= 4 is 33.5 Å². The molecule has 0 bridgehead atoms. The maximum absolute atomic E-state index is 6.22. The number of hydrogen-bond acceptors (Lipinski definition) is 7. The van der Waals surface area contributed by atoms with Crippen molar-refractivity contribution in [2.75, 3.05) is 5.32 Å². The molecule has 4 heterocycles. The van der Waals surface area contributed by atoms with Gasteiger partial charge in [0.25, 0.3) is 0 Å². The SMILES string of the molecule is Cc1cc(Nc2nc(OC3CCC3)c3c(ccn3-c3cnn(C)c3)n2)sn1. The van der Waals surface area contributed by atoms with Gasteiger partial charge in [0.15, 0.2) is 0 Å². The first kappa shape index (κ1) is 16.2. The van der Waals surface area contributed by atoms with Gasteiger partial charge in [0, 0.05) is 19.4 Å². The number of aromatic nitrogens is 6. The summed E-state index contributed by atoms with van der Waals surface area (Å²) in [6, 6.07) is 3.95. The topological polar surface area (TPSA) is 82.7 Å². The molecule has 1 fully saturated rings. The summed E-state index contributed by atoms with van der Waals surface area (Å²) < 4.78 is 14.3. The average molecular weight is 381 g/mol. The van der Waals surface area contributed by atoms with Crippen molar-refractivity contribution < 1.29 is 4.74 Å². The van der Waals surface area contributed by atoms with Gasteiger partial charge in [0.2, 0.25) is 11.8 Å². The lowest BCUT2D eigenvalue weighted by atomic mass is 9.96. The zero-order valence-corrected chi connectivity index (χ0v) is 15.9. The quantitative estimate of drug-likeness (QED) is 0.569. The predicted octanol–water partition coefficient (Wildman–Crippen LogP) is 3.59. The van der Waals surface area contributed by atoms with Crippen molar-refractivity contribution in [1.82, 2.24) is 28.7 Å². The minimum Gasteiger partial charge on any atom is -0.473 e. The Morgan fingerprint density at radius 3 is 2.85 bits per heavy atom. The van der Waals surface area contributed by atoms with Crippen molar-refractivity contribution in [2.45, 2.75) is 32.3 Å². The zero-order valence-electron chi connectivity index (χ0n) is 15.1. The van der Waals surface area contributed by atoms with Gasteiger partial charge in [0.05, 0.1) is 23.1 Å². The van der Waals surface area contributed by atoms with E-state index in [-0.39, 0.29) is 6.10 Å². The van der Waals surface area contributed by atoms with E-state index in [4.69, 9.17) is 4.74 Å². The fraction of sp³-hybridized carbons (Fsp3) is 0.333. The summed E-state index contributed by atoms with van der Waals surface area (Å²) in [5, 5.41) is 8.43. The lowest BCUT2D eigenvalue weighted by Crippen LogP contribution is -2.25. The maximum atomic E-state index is 6.22. The molecular formula is C18H19N7OS. The van der Waals surface area contributed by atoms with Crippen LogP contribution < -0.4 is 10.1 Å². The van der Waals surface area contributed by atoms with E-state index in [1.807, 2.05) is 49.3 Å². The summed E-state index contributed by atoms with van der Waals surface area (Å²) >= 11 is 1.39. The lowest BCUT2D eigenvalue weighted by Gasteiger charge is -2.26. The van der Waals surface area contributed by atoms with Crippen LogP contribution in [0.5, 0.6) is 5.88 Å². The van der Waals surface area contributed by atoms with Crippen molar-refractivity contribution in [3.63, 3.8) is 0 Å². The molecule has 27 heavy (non-hydrogen) atoms. The highest BCUT2D eigenvalue weighted by molar-refractivity contribution is 7.10. The van der Waals surface area contributed by atoms with Crippen LogP contribution in [0.3, 0.4) is 0 Å². The molecule has 1 aliphatic carbocycles. The molecule has 0 amide bonds. The summed E-state index contributed by atoms with van der Waals surface area (Å²) in [6.45, 7) is 1.96. The van der Waals surface area contributed by atoms with E-state index in [9.17, 15) is 0 Å². The molecule has 9 heteroatoms. The minimum atomic E-state index is 0.221. The van der Waals surface area contributed by atoms with Crippen molar-refractivity contribution in [2.24, 2.45) is 7.05 Å². The predicted molar refractivity (Wildman–Crippen MR) is 104 cm³/mol. The molecule has 0 radical (unpaired) electrons. The van der Waals surface area contributed by atoms with Crippen LogP contribution in [-0.2, 0) is 7.05 Å². The summed E-state index contributed by atoms with van der Waals surface area (Å²) in [6.07, 6.45) is 9.31. The second kappa shape index (κ2) is 6.34. The van der Waals surface area contributed by atoms with Crippen LogP contribution in [0, 0.1) is 6.92 Å². The zero-order chi connectivity index (χ0) is 18.4. The number of hydrogen-bond donors (Lipinski definition) is 1. The van der Waals surface area contributed by atoms with Crippen molar-refractivity contribution in [3.8, 4) is 11.6 Å². The number of nitrogens with zero attached hydrogens (tertiary/aromatic N) is 6. The molecule has 4 aromatic rings. The molecule has 138 valence electrons. The number of nitrogens with one attached hydrogen (secondary N) is 1. The van der Waals surface area contributed by atoms with Crippen LogP contribution in [0.15, 0.2) is 30.7 Å². The smallest absolute Gasteiger partial charge is 0.244 e. The third kappa shape index (κ3) is 3.03. The van der Waals surface area contributed by atoms with E-state index in [1.54, 1.807) is 4.68 Å². The van der Waals surface area contributed by atoms with E-state index in [0.717, 1.165) is 40.3 Å². The lowest BCUT2D eigenvalue weighted by molar-refractivity contribution is 0.116. The van der Waals surface area contributed by atoms with E-state index < -0.39 is 0 Å². The summed E-state index contributed by atoms with van der Waals surface area (Å²) in [5.74, 6) is 1.12. The Kier molecular flexibility index (Phi) is 3.82. The number of anilines is 2. The largest absolute Gasteiger partial charge is 0.473 e. The van der Waals surface area contributed by atoms with Gasteiger partial charge in [-0.2, -0.15) is 14.5 Å². The Labute approximate surface area is 160 Å². The molecule has 0 atom stereocenters. The Balaban J connectivity index is 1.60. The second-order valence-electron chi connectivity index (χ2n) is 6.77. The summed E-state index contributed by atoms with van der Waals surface area (Å²) in [5.41, 5.74) is 3.61. The number of fused-ring (bicyclic) bond motifs is 1. The van der Waals surface area contributed by atoms with E-state index in [1.165, 1.54) is 18.0 Å². The highest BCUT2D eigenvalue weighted by Crippen LogP contribution is 2.33. The molecule has 5 rings (SSSR count). The average Bonchev–Trinajstić information content (AvgIpc) is 3.31. The monoisotopic (exact) mass is 381 g/mol. The van der Waals surface area contributed by atoms with Gasteiger partial charge in [-0.3, -0.25) is 4.68 Å². The Hall–Kier alpha value is -2.94. The molecule has 1 aliphatic rings. The first-order valence-electron chi connectivity index (χ1n) is 8.91. The Bertz CT molecular complexity index is 1110. The van der Waals surface area contributed by atoms with Gasteiger partial charge in [0.1, 0.15) is 16.6 Å². The molecule has 8 nitrogen and oxygen atoms in total. The molecule has 1 N–H and O–H groups in total. The van der Waals surface area contributed by atoms with Gasteiger partial charge in [-0.25, -0.2) is 4.98 Å². The Morgan fingerprint density at radius 1 is 1.30 bits per heavy atom. The van der Waals surface area contributed by atoms with Crippen LogP contribution in [-0.4, -0.2) is 34.8 Å². The van der Waals surface area contributed by atoms with Crippen LogP contribution in [0.25, 0.3) is 16.7 Å². The molecule has 1 saturated carbocycles. The minimum absolute atomic E-state index is 0.221. The summed E-state index contributed by atoms with van der Waals surface area (Å²) in [7, 11) is 1.90. The highest BCUT2D eigenvalue weighted by Gasteiger charge is 2.23. The number of aryl methyl sites for hydroxylation is 2. The molecule has 0 unspecified atom stereocenters. The second-order valence-corrected chi connectivity index (χ2v) is 7.58. The van der Waals surface area contributed by atoms with Crippen LogP contribution in [0.1, 0.15) is 25.0 Å². The fourth-order valence-corrected chi connectivity index (χ4v) is 3.73. The van der Waals surface area contributed by atoms with E-state index >= 15 is 0 Å². The molecular weight excluding hydrogens is 362 g/mol. The molecule has 4 aromatic heterocycles. The first-order chi connectivity index (χ1) is 13.2.